The van der Waals surface area contributed by atoms with Crippen LogP contribution in [-0.2, 0) is 4.74 Å². The van der Waals surface area contributed by atoms with Crippen LogP contribution in [0.2, 0.25) is 0 Å². The van der Waals surface area contributed by atoms with E-state index in [9.17, 15) is 4.79 Å². The van der Waals surface area contributed by atoms with E-state index >= 15 is 0 Å². The van der Waals surface area contributed by atoms with Gasteiger partial charge in [-0.3, -0.25) is 9.69 Å². The molecule has 2 heterocycles. The lowest BCUT2D eigenvalue weighted by molar-refractivity contribution is 0.0398. The van der Waals surface area contributed by atoms with Gasteiger partial charge >= 0.3 is 0 Å². The summed E-state index contributed by atoms with van der Waals surface area (Å²) in [7, 11) is 3.10. The number of benzene rings is 1. The normalized spacial score (nSPS) is 14.4. The summed E-state index contributed by atoms with van der Waals surface area (Å²) in [5, 5.41) is 6.04. The first kappa shape index (κ1) is 19.8. The van der Waals surface area contributed by atoms with Crippen molar-refractivity contribution in [1.82, 2.24) is 14.9 Å². The number of rotatable bonds is 8. The molecule has 0 bridgehead atoms. The lowest BCUT2D eigenvalue weighted by Crippen LogP contribution is -2.39. The van der Waals surface area contributed by atoms with Crippen molar-refractivity contribution in [2.45, 2.75) is 0 Å². The van der Waals surface area contributed by atoms with Crippen LogP contribution in [0.15, 0.2) is 30.6 Å². The molecule has 0 spiro atoms. The topological polar surface area (TPSA) is 97.8 Å². The van der Waals surface area contributed by atoms with Crippen LogP contribution in [0.25, 0.3) is 0 Å². The highest BCUT2D eigenvalue weighted by Gasteiger charge is 2.13. The molecule has 0 aliphatic carbocycles. The summed E-state index contributed by atoms with van der Waals surface area (Å²) in [5.41, 5.74) is 0.801. The minimum Gasteiger partial charge on any atom is -0.497 e. The molecule has 1 amide bonds. The van der Waals surface area contributed by atoms with Crippen LogP contribution in [0.3, 0.4) is 0 Å². The Morgan fingerprint density at radius 2 is 2.00 bits per heavy atom. The summed E-state index contributed by atoms with van der Waals surface area (Å²) in [6, 6.07) is 6.80. The molecule has 1 aliphatic heterocycles. The number of nitrogens with one attached hydrogen (secondary N) is 2. The highest BCUT2D eigenvalue weighted by atomic mass is 16.5. The molecule has 0 radical (unpaired) electrons. The van der Waals surface area contributed by atoms with Crippen molar-refractivity contribution < 1.29 is 19.0 Å². The quantitative estimate of drug-likeness (QED) is 0.703. The van der Waals surface area contributed by atoms with E-state index in [2.05, 4.69) is 25.5 Å². The summed E-state index contributed by atoms with van der Waals surface area (Å²) in [6.45, 7) is 5.02. The Morgan fingerprint density at radius 3 is 2.75 bits per heavy atom. The average Bonchev–Trinajstić information content (AvgIpc) is 2.75. The molecule has 1 aromatic carbocycles. The van der Waals surface area contributed by atoms with Crippen LogP contribution < -0.4 is 20.1 Å². The van der Waals surface area contributed by atoms with Gasteiger partial charge in [0.2, 0.25) is 0 Å². The van der Waals surface area contributed by atoms with E-state index < -0.39 is 0 Å². The van der Waals surface area contributed by atoms with Crippen LogP contribution in [-0.4, -0.2) is 74.4 Å². The molecular formula is C19H25N5O4. The maximum atomic E-state index is 12.6. The van der Waals surface area contributed by atoms with Gasteiger partial charge in [0.25, 0.3) is 5.91 Å². The number of ether oxygens (including phenoxy) is 3. The second-order valence-electron chi connectivity index (χ2n) is 6.19. The Hall–Kier alpha value is -2.91. The molecule has 150 valence electrons. The van der Waals surface area contributed by atoms with Gasteiger partial charge in [0.15, 0.2) is 0 Å². The lowest BCUT2D eigenvalue weighted by atomic mass is 10.2. The Kier molecular flexibility index (Phi) is 6.99. The van der Waals surface area contributed by atoms with Crippen LogP contribution in [0.4, 0.5) is 11.5 Å². The lowest BCUT2D eigenvalue weighted by Gasteiger charge is -2.26. The van der Waals surface area contributed by atoms with Gasteiger partial charge in [-0.15, -0.1) is 0 Å². The van der Waals surface area contributed by atoms with E-state index in [0.29, 0.717) is 23.0 Å². The number of anilines is 2. The van der Waals surface area contributed by atoms with Crippen LogP contribution in [0, 0.1) is 0 Å². The maximum Gasteiger partial charge on any atom is 0.274 e. The second kappa shape index (κ2) is 9.86. The number of carbonyl (C=O) groups excluding carboxylic acids is 1. The number of methoxy groups -OCH3 is 2. The molecule has 1 aromatic heterocycles. The number of hydrogen-bond donors (Lipinski definition) is 2. The molecule has 28 heavy (non-hydrogen) atoms. The minimum absolute atomic E-state index is 0.266. The van der Waals surface area contributed by atoms with Crippen molar-refractivity contribution in [3.05, 3.63) is 36.3 Å². The molecule has 2 aromatic rings. The molecule has 2 N–H and O–H groups in total. The SMILES string of the molecule is COc1ccc(NC(=O)c2cc(NCCN3CCOCC3)ncn2)c(OC)c1. The number of morpholine rings is 1. The summed E-state index contributed by atoms with van der Waals surface area (Å²) in [5.74, 6) is 1.41. The molecule has 9 heteroatoms. The first-order valence-electron chi connectivity index (χ1n) is 9.09. The summed E-state index contributed by atoms with van der Waals surface area (Å²) < 4.78 is 15.8. The zero-order valence-electron chi connectivity index (χ0n) is 16.1. The number of hydrogen-bond acceptors (Lipinski definition) is 8. The number of aromatic nitrogens is 2. The van der Waals surface area contributed by atoms with Gasteiger partial charge in [-0.05, 0) is 12.1 Å². The van der Waals surface area contributed by atoms with E-state index in [1.165, 1.54) is 13.4 Å². The largest absolute Gasteiger partial charge is 0.497 e. The summed E-state index contributed by atoms with van der Waals surface area (Å²) >= 11 is 0. The highest BCUT2D eigenvalue weighted by Crippen LogP contribution is 2.29. The average molecular weight is 387 g/mol. The van der Waals surface area contributed by atoms with E-state index in [4.69, 9.17) is 14.2 Å². The fourth-order valence-corrected chi connectivity index (χ4v) is 2.83. The fourth-order valence-electron chi connectivity index (χ4n) is 2.83. The fraction of sp³-hybridized carbons (Fsp3) is 0.421. The molecule has 9 nitrogen and oxygen atoms in total. The Balaban J connectivity index is 1.59. The van der Waals surface area contributed by atoms with E-state index in [0.717, 1.165) is 39.4 Å². The van der Waals surface area contributed by atoms with Crippen LogP contribution >= 0.6 is 0 Å². The van der Waals surface area contributed by atoms with Crippen molar-refractivity contribution in [3.63, 3.8) is 0 Å². The van der Waals surface area contributed by atoms with Gasteiger partial charge in [-0.25, -0.2) is 9.97 Å². The zero-order chi connectivity index (χ0) is 19.8. The molecular weight excluding hydrogens is 362 g/mol. The van der Waals surface area contributed by atoms with Gasteiger partial charge in [0, 0.05) is 38.3 Å². The predicted molar refractivity (Wildman–Crippen MR) is 105 cm³/mol. The molecule has 1 fully saturated rings. The number of amides is 1. The number of nitrogens with zero attached hydrogens (tertiary/aromatic N) is 3. The van der Waals surface area contributed by atoms with Gasteiger partial charge < -0.3 is 24.8 Å². The second-order valence-corrected chi connectivity index (χ2v) is 6.19. The molecule has 1 aliphatic rings. The molecule has 3 rings (SSSR count). The van der Waals surface area contributed by atoms with Crippen molar-refractivity contribution in [3.8, 4) is 11.5 Å². The molecule has 0 saturated carbocycles. The predicted octanol–water partition coefficient (Wildman–Crippen LogP) is 1.49. The van der Waals surface area contributed by atoms with Gasteiger partial charge in [-0.1, -0.05) is 0 Å². The summed E-state index contributed by atoms with van der Waals surface area (Å²) in [6.07, 6.45) is 1.37. The third-order valence-corrected chi connectivity index (χ3v) is 4.39. The third-order valence-electron chi connectivity index (χ3n) is 4.39. The Bertz CT molecular complexity index is 796. The molecule has 0 atom stereocenters. The van der Waals surface area contributed by atoms with Crippen molar-refractivity contribution in [2.75, 3.05) is 64.2 Å². The van der Waals surface area contributed by atoms with Gasteiger partial charge in [0.05, 0.1) is 33.1 Å². The zero-order valence-corrected chi connectivity index (χ0v) is 16.1. The van der Waals surface area contributed by atoms with Gasteiger partial charge in [-0.2, -0.15) is 0 Å². The van der Waals surface area contributed by atoms with E-state index in [1.54, 1.807) is 31.4 Å². The maximum absolute atomic E-state index is 12.6. The first-order valence-corrected chi connectivity index (χ1v) is 9.09. The van der Waals surface area contributed by atoms with Crippen LogP contribution in [0.1, 0.15) is 10.5 Å². The smallest absolute Gasteiger partial charge is 0.274 e. The van der Waals surface area contributed by atoms with Gasteiger partial charge in [0.1, 0.15) is 29.3 Å². The van der Waals surface area contributed by atoms with Crippen molar-refractivity contribution >= 4 is 17.4 Å². The standard InChI is InChI=1S/C19H25N5O4/c1-26-14-3-4-15(17(11-14)27-2)23-19(25)16-12-18(22-13-21-16)20-5-6-24-7-9-28-10-8-24/h3-4,11-13H,5-10H2,1-2H3,(H,23,25)(H,20,21,22). The highest BCUT2D eigenvalue weighted by molar-refractivity contribution is 6.04. The van der Waals surface area contributed by atoms with E-state index in [1.807, 2.05) is 0 Å². The number of carbonyl (C=O) groups is 1. The molecule has 0 unspecified atom stereocenters. The van der Waals surface area contributed by atoms with E-state index in [-0.39, 0.29) is 11.6 Å². The first-order chi connectivity index (χ1) is 13.7. The monoisotopic (exact) mass is 387 g/mol. The Labute approximate surface area is 164 Å². The third kappa shape index (κ3) is 5.30. The summed E-state index contributed by atoms with van der Waals surface area (Å²) in [4.78, 5) is 23.1. The minimum atomic E-state index is -0.345. The van der Waals surface area contributed by atoms with Crippen LogP contribution in [0.5, 0.6) is 11.5 Å². The van der Waals surface area contributed by atoms with Crippen molar-refractivity contribution in [2.24, 2.45) is 0 Å². The molecule has 1 saturated heterocycles. The Morgan fingerprint density at radius 1 is 1.18 bits per heavy atom. The van der Waals surface area contributed by atoms with Crippen molar-refractivity contribution in [1.29, 1.82) is 0 Å².